The van der Waals surface area contributed by atoms with Crippen LogP contribution in [0.15, 0.2) is 46.9 Å². The Labute approximate surface area is 192 Å². The van der Waals surface area contributed by atoms with Gasteiger partial charge < -0.3 is 28.3 Å². The van der Waals surface area contributed by atoms with Gasteiger partial charge in [-0.1, -0.05) is 18.2 Å². The third-order valence-corrected chi connectivity index (χ3v) is 5.56. The van der Waals surface area contributed by atoms with E-state index in [-0.39, 0.29) is 18.4 Å². The van der Waals surface area contributed by atoms with Gasteiger partial charge in [0.25, 0.3) is 11.8 Å². The lowest BCUT2D eigenvalue weighted by molar-refractivity contribution is 0.0696. The smallest absolute Gasteiger partial charge is 0.254 e. The molecule has 0 bridgehead atoms. The minimum atomic E-state index is -0.119. The fourth-order valence-electron chi connectivity index (χ4n) is 3.90. The number of likely N-dealkylation sites (tertiary alicyclic amines) is 1. The first-order valence-electron chi connectivity index (χ1n) is 10.7. The van der Waals surface area contributed by atoms with Gasteiger partial charge in [0, 0.05) is 18.7 Å². The van der Waals surface area contributed by atoms with Gasteiger partial charge in [-0.15, -0.1) is 10.2 Å². The van der Waals surface area contributed by atoms with Gasteiger partial charge in [0.05, 0.1) is 27.2 Å². The van der Waals surface area contributed by atoms with E-state index in [0.717, 1.165) is 18.6 Å². The van der Waals surface area contributed by atoms with E-state index >= 15 is 0 Å². The molecule has 1 unspecified atom stereocenters. The molecule has 0 spiro atoms. The zero-order valence-electron chi connectivity index (χ0n) is 18.9. The predicted octanol–water partition coefficient (Wildman–Crippen LogP) is 3.69. The molecular formula is C24H27N3O6. The summed E-state index contributed by atoms with van der Waals surface area (Å²) in [4.78, 5) is 15.1. The molecule has 1 atom stereocenters. The molecule has 3 aromatic rings. The second-order valence-corrected chi connectivity index (χ2v) is 7.64. The molecule has 0 radical (unpaired) electrons. The molecule has 1 fully saturated rings. The molecular weight excluding hydrogens is 426 g/mol. The summed E-state index contributed by atoms with van der Waals surface area (Å²) in [6, 6.07) is 12.8. The van der Waals surface area contributed by atoms with Crippen molar-refractivity contribution in [1.82, 2.24) is 15.1 Å². The summed E-state index contributed by atoms with van der Waals surface area (Å²) in [6.45, 7) is 1.32. The molecule has 1 aliphatic rings. The van der Waals surface area contributed by atoms with Crippen molar-refractivity contribution >= 4 is 5.91 Å². The van der Waals surface area contributed by atoms with Crippen molar-refractivity contribution in [2.45, 2.75) is 25.4 Å². The van der Waals surface area contributed by atoms with Crippen LogP contribution in [0.1, 0.15) is 40.9 Å². The third-order valence-electron chi connectivity index (χ3n) is 5.56. The molecule has 0 N–H and O–H groups in total. The number of aromatic nitrogens is 2. The lowest BCUT2D eigenvalue weighted by Gasteiger charge is -2.31. The Balaban J connectivity index is 1.44. The van der Waals surface area contributed by atoms with Crippen LogP contribution in [0.4, 0.5) is 0 Å². The van der Waals surface area contributed by atoms with Crippen LogP contribution in [0.3, 0.4) is 0 Å². The quantitative estimate of drug-likeness (QED) is 0.510. The number of hydrogen-bond donors (Lipinski definition) is 0. The monoisotopic (exact) mass is 453 g/mol. The molecule has 9 nitrogen and oxygen atoms in total. The maximum Gasteiger partial charge on any atom is 0.254 e. The number of carbonyl (C=O) groups excluding carboxylic acids is 1. The zero-order chi connectivity index (χ0) is 23.2. The normalized spacial score (nSPS) is 15.7. The van der Waals surface area contributed by atoms with E-state index in [1.54, 1.807) is 17.0 Å². The van der Waals surface area contributed by atoms with Crippen molar-refractivity contribution in [2.75, 3.05) is 34.4 Å². The second-order valence-electron chi connectivity index (χ2n) is 7.64. The predicted molar refractivity (Wildman–Crippen MR) is 119 cm³/mol. The van der Waals surface area contributed by atoms with E-state index < -0.39 is 0 Å². The number of rotatable bonds is 8. The number of carbonyl (C=O) groups is 1. The zero-order valence-corrected chi connectivity index (χ0v) is 18.9. The van der Waals surface area contributed by atoms with E-state index in [4.69, 9.17) is 23.4 Å². The molecule has 1 aliphatic heterocycles. The summed E-state index contributed by atoms with van der Waals surface area (Å²) in [5.41, 5.74) is 0.465. The number of hydrogen-bond acceptors (Lipinski definition) is 8. The minimum absolute atomic E-state index is 0.0392. The highest BCUT2D eigenvalue weighted by atomic mass is 16.5. The van der Waals surface area contributed by atoms with Gasteiger partial charge in [0.15, 0.2) is 18.1 Å². The first-order chi connectivity index (χ1) is 16.1. The Morgan fingerprint density at radius 2 is 1.79 bits per heavy atom. The van der Waals surface area contributed by atoms with Gasteiger partial charge in [-0.25, -0.2) is 0 Å². The summed E-state index contributed by atoms with van der Waals surface area (Å²) >= 11 is 0. The summed E-state index contributed by atoms with van der Waals surface area (Å²) in [7, 11) is 4.58. The van der Waals surface area contributed by atoms with Crippen molar-refractivity contribution in [3.05, 3.63) is 59.8 Å². The van der Waals surface area contributed by atoms with Crippen LogP contribution in [0.5, 0.6) is 23.0 Å². The van der Waals surface area contributed by atoms with Crippen LogP contribution in [-0.2, 0) is 6.61 Å². The van der Waals surface area contributed by atoms with Crippen LogP contribution in [0.2, 0.25) is 0 Å². The summed E-state index contributed by atoms with van der Waals surface area (Å²) < 4.78 is 27.6. The molecule has 1 saturated heterocycles. The first kappa shape index (κ1) is 22.4. The Morgan fingerprint density at radius 3 is 2.45 bits per heavy atom. The van der Waals surface area contributed by atoms with E-state index in [1.807, 2.05) is 30.3 Å². The highest BCUT2D eigenvalue weighted by molar-refractivity contribution is 5.95. The van der Waals surface area contributed by atoms with Crippen molar-refractivity contribution in [3.8, 4) is 23.0 Å². The van der Waals surface area contributed by atoms with E-state index in [1.165, 1.54) is 21.3 Å². The minimum Gasteiger partial charge on any atom is -0.493 e. The number of amides is 1. The lowest BCUT2D eigenvalue weighted by atomic mass is 9.97. The fourth-order valence-corrected chi connectivity index (χ4v) is 3.90. The van der Waals surface area contributed by atoms with Crippen molar-refractivity contribution in [3.63, 3.8) is 0 Å². The average Bonchev–Trinajstić information content (AvgIpc) is 3.36. The molecule has 0 saturated carbocycles. The van der Waals surface area contributed by atoms with Crippen molar-refractivity contribution < 1.29 is 28.2 Å². The van der Waals surface area contributed by atoms with Gasteiger partial charge in [0.1, 0.15) is 5.75 Å². The Hall–Kier alpha value is -3.75. The lowest BCUT2D eigenvalue weighted by Crippen LogP contribution is -2.39. The fraction of sp³-hybridized carbons (Fsp3) is 0.375. The number of benzene rings is 2. The van der Waals surface area contributed by atoms with Gasteiger partial charge >= 0.3 is 0 Å². The number of para-hydroxylation sites is 1. The van der Waals surface area contributed by atoms with Crippen molar-refractivity contribution in [1.29, 1.82) is 0 Å². The van der Waals surface area contributed by atoms with Gasteiger partial charge in [-0.05, 0) is 37.1 Å². The second kappa shape index (κ2) is 10.2. The van der Waals surface area contributed by atoms with Crippen LogP contribution < -0.4 is 18.9 Å². The molecule has 0 aliphatic carbocycles. The van der Waals surface area contributed by atoms with Crippen LogP contribution in [0, 0.1) is 0 Å². The number of ether oxygens (including phenoxy) is 4. The maximum atomic E-state index is 13.3. The molecule has 33 heavy (non-hydrogen) atoms. The standard InChI is InChI=1S/C24H27N3O6/c1-29-19-12-17(13-20(30-2)22(19)31-3)24(28)27-11-7-8-16(14-27)23-26-25-21(33-23)15-32-18-9-5-4-6-10-18/h4-6,9-10,12-13,16H,7-8,11,14-15H2,1-3H3. The van der Waals surface area contributed by atoms with Crippen LogP contribution in [-0.4, -0.2) is 55.4 Å². The first-order valence-corrected chi connectivity index (χ1v) is 10.7. The molecule has 1 aromatic heterocycles. The topological polar surface area (TPSA) is 96.2 Å². The highest BCUT2D eigenvalue weighted by Crippen LogP contribution is 2.39. The Morgan fingerprint density at radius 1 is 1.06 bits per heavy atom. The maximum absolute atomic E-state index is 13.3. The van der Waals surface area contributed by atoms with E-state index in [2.05, 4.69) is 10.2 Å². The summed E-state index contributed by atoms with van der Waals surface area (Å²) in [6.07, 6.45) is 1.69. The number of nitrogens with zero attached hydrogens (tertiary/aromatic N) is 3. The van der Waals surface area contributed by atoms with Crippen molar-refractivity contribution in [2.24, 2.45) is 0 Å². The summed E-state index contributed by atoms with van der Waals surface area (Å²) in [5, 5.41) is 8.31. The number of methoxy groups -OCH3 is 3. The summed E-state index contributed by atoms with van der Waals surface area (Å²) in [5.74, 6) is 2.82. The molecule has 2 aromatic carbocycles. The third kappa shape index (κ3) is 5.02. The molecule has 1 amide bonds. The number of piperidine rings is 1. The van der Waals surface area contributed by atoms with Crippen LogP contribution >= 0.6 is 0 Å². The van der Waals surface area contributed by atoms with E-state index in [9.17, 15) is 4.79 Å². The van der Waals surface area contributed by atoms with Gasteiger partial charge in [-0.2, -0.15) is 0 Å². The molecule has 174 valence electrons. The van der Waals surface area contributed by atoms with Crippen LogP contribution in [0.25, 0.3) is 0 Å². The molecule has 9 heteroatoms. The Bertz CT molecular complexity index is 1060. The molecule has 4 rings (SSSR count). The molecule has 2 heterocycles. The van der Waals surface area contributed by atoms with Gasteiger partial charge in [0.2, 0.25) is 11.6 Å². The van der Waals surface area contributed by atoms with Gasteiger partial charge in [-0.3, -0.25) is 4.79 Å². The largest absolute Gasteiger partial charge is 0.493 e. The highest BCUT2D eigenvalue weighted by Gasteiger charge is 2.30. The Kier molecular flexibility index (Phi) is 6.97. The average molecular weight is 453 g/mol. The van der Waals surface area contributed by atoms with E-state index in [0.29, 0.717) is 47.7 Å². The SMILES string of the molecule is COc1cc(C(=O)N2CCCC(c3nnc(COc4ccccc4)o3)C2)cc(OC)c1OC.